The number of rotatable bonds is 5. The lowest BCUT2D eigenvalue weighted by atomic mass is 9.91. The summed E-state index contributed by atoms with van der Waals surface area (Å²) in [6.07, 6.45) is 5.04. The van der Waals surface area contributed by atoms with E-state index in [0.717, 1.165) is 42.4 Å². The Morgan fingerprint density at radius 3 is 2.42 bits per heavy atom. The average molecular weight is 423 g/mol. The van der Waals surface area contributed by atoms with E-state index >= 15 is 0 Å². The lowest BCUT2D eigenvalue weighted by molar-refractivity contribution is 0.0926. The second-order valence-electron chi connectivity index (χ2n) is 7.89. The highest BCUT2D eigenvalue weighted by atomic mass is 16.2. The van der Waals surface area contributed by atoms with Crippen LogP contribution in [0.15, 0.2) is 47.4 Å². The maximum absolute atomic E-state index is 12.3. The number of aromatic amines is 1. The minimum absolute atomic E-state index is 0. The number of para-hydroxylation sites is 1. The van der Waals surface area contributed by atoms with Crippen molar-refractivity contribution >= 4 is 28.6 Å². The van der Waals surface area contributed by atoms with Gasteiger partial charge >= 0.3 is 0 Å². The number of hydrogen-bond acceptors (Lipinski definition) is 6. The van der Waals surface area contributed by atoms with Gasteiger partial charge in [-0.15, -0.1) is 0 Å². The molecule has 1 amide bonds. The standard InChI is InChI=1S/C22H26N6O2.CH4/c1-28(2)20-17-5-3-4-6-18(17)26-22(27-20)25-16-10-8-15(9-11-16)24-21(30)14-7-12-19(29)23-13-14;/h3-7,12-13,15-16H,8-11H2,1-2H3,(H,23,29)(H,24,30)(H,25,26,27);1H4. The van der Waals surface area contributed by atoms with Crippen molar-refractivity contribution in [3.63, 3.8) is 0 Å². The molecule has 1 aromatic carbocycles. The zero-order chi connectivity index (χ0) is 21.1. The lowest BCUT2D eigenvalue weighted by Crippen LogP contribution is -2.40. The summed E-state index contributed by atoms with van der Waals surface area (Å²) in [5, 5.41) is 7.57. The number of H-pyrrole nitrogens is 1. The van der Waals surface area contributed by atoms with Crippen LogP contribution in [0.1, 0.15) is 43.5 Å². The van der Waals surface area contributed by atoms with Crippen LogP contribution in [0.25, 0.3) is 10.9 Å². The second kappa shape index (κ2) is 9.59. The quantitative estimate of drug-likeness (QED) is 0.584. The SMILES string of the molecule is C.CN(C)c1nc(NC2CCC(NC(=O)c3ccc(=O)[nH]c3)CC2)nc2ccccc12. The van der Waals surface area contributed by atoms with E-state index in [1.54, 1.807) is 6.07 Å². The van der Waals surface area contributed by atoms with Gasteiger partial charge < -0.3 is 20.5 Å². The number of carbonyl (C=O) groups is 1. The molecule has 31 heavy (non-hydrogen) atoms. The van der Waals surface area contributed by atoms with Gasteiger partial charge in [0.25, 0.3) is 5.91 Å². The van der Waals surface area contributed by atoms with E-state index in [2.05, 4.69) is 20.6 Å². The maximum atomic E-state index is 12.3. The Morgan fingerprint density at radius 1 is 1.03 bits per heavy atom. The number of carbonyl (C=O) groups excluding carboxylic acids is 1. The minimum atomic E-state index is -0.216. The van der Waals surface area contributed by atoms with Crippen molar-refractivity contribution in [1.82, 2.24) is 20.3 Å². The molecule has 0 radical (unpaired) electrons. The van der Waals surface area contributed by atoms with Crippen LogP contribution in [0.3, 0.4) is 0 Å². The summed E-state index contributed by atoms with van der Waals surface area (Å²) in [4.78, 5) is 37.4. The van der Waals surface area contributed by atoms with Crippen molar-refractivity contribution in [2.75, 3.05) is 24.3 Å². The van der Waals surface area contributed by atoms with Gasteiger partial charge in [0.1, 0.15) is 5.82 Å². The van der Waals surface area contributed by atoms with Crippen molar-refractivity contribution in [3.8, 4) is 0 Å². The molecule has 8 heteroatoms. The summed E-state index contributed by atoms with van der Waals surface area (Å²) in [5.74, 6) is 1.37. The van der Waals surface area contributed by atoms with E-state index in [9.17, 15) is 9.59 Å². The van der Waals surface area contributed by atoms with Gasteiger partial charge in [-0.2, -0.15) is 4.98 Å². The topological polar surface area (TPSA) is 103 Å². The Morgan fingerprint density at radius 2 is 1.74 bits per heavy atom. The first-order valence-electron chi connectivity index (χ1n) is 10.2. The molecule has 0 bridgehead atoms. The van der Waals surface area contributed by atoms with E-state index in [0.29, 0.717) is 11.5 Å². The zero-order valence-electron chi connectivity index (χ0n) is 17.2. The first-order valence-corrected chi connectivity index (χ1v) is 10.2. The van der Waals surface area contributed by atoms with Crippen molar-refractivity contribution in [2.24, 2.45) is 0 Å². The number of pyridine rings is 1. The molecular formula is C23H30N6O2. The first-order chi connectivity index (χ1) is 14.5. The Hall–Kier alpha value is -3.42. The molecule has 1 fully saturated rings. The minimum Gasteiger partial charge on any atom is -0.362 e. The van der Waals surface area contributed by atoms with Gasteiger partial charge in [0.2, 0.25) is 11.5 Å². The molecule has 3 N–H and O–H groups in total. The number of aromatic nitrogens is 3. The number of nitrogens with one attached hydrogen (secondary N) is 3. The largest absolute Gasteiger partial charge is 0.362 e. The maximum Gasteiger partial charge on any atom is 0.252 e. The van der Waals surface area contributed by atoms with Crippen LogP contribution in [0, 0.1) is 0 Å². The van der Waals surface area contributed by atoms with Crippen LogP contribution in [0.4, 0.5) is 11.8 Å². The van der Waals surface area contributed by atoms with E-state index < -0.39 is 0 Å². The Kier molecular flexibility index (Phi) is 6.89. The van der Waals surface area contributed by atoms with E-state index in [-0.39, 0.29) is 31.0 Å². The predicted molar refractivity (Wildman–Crippen MR) is 125 cm³/mol. The smallest absolute Gasteiger partial charge is 0.252 e. The molecule has 1 saturated carbocycles. The number of anilines is 2. The van der Waals surface area contributed by atoms with Crippen LogP contribution in [0.5, 0.6) is 0 Å². The highest BCUT2D eigenvalue weighted by Gasteiger charge is 2.23. The molecule has 2 heterocycles. The third-order valence-electron chi connectivity index (χ3n) is 5.45. The fraction of sp³-hybridized carbons (Fsp3) is 0.391. The molecular weight excluding hydrogens is 392 g/mol. The summed E-state index contributed by atoms with van der Waals surface area (Å²) < 4.78 is 0. The van der Waals surface area contributed by atoms with Crippen LogP contribution in [-0.2, 0) is 0 Å². The van der Waals surface area contributed by atoms with Crippen molar-refractivity contribution < 1.29 is 4.79 Å². The van der Waals surface area contributed by atoms with Crippen LogP contribution in [-0.4, -0.2) is 47.0 Å². The van der Waals surface area contributed by atoms with Crippen LogP contribution < -0.4 is 21.1 Å². The monoisotopic (exact) mass is 422 g/mol. The molecule has 2 aromatic heterocycles. The van der Waals surface area contributed by atoms with Gasteiger partial charge in [-0.1, -0.05) is 19.6 Å². The van der Waals surface area contributed by atoms with E-state index in [4.69, 9.17) is 4.98 Å². The van der Waals surface area contributed by atoms with Crippen molar-refractivity contribution in [3.05, 3.63) is 58.5 Å². The highest BCUT2D eigenvalue weighted by Crippen LogP contribution is 2.26. The van der Waals surface area contributed by atoms with Gasteiger partial charge in [0, 0.05) is 43.8 Å². The fourth-order valence-electron chi connectivity index (χ4n) is 3.85. The van der Waals surface area contributed by atoms with Gasteiger partial charge in [-0.05, 0) is 43.9 Å². The summed E-state index contributed by atoms with van der Waals surface area (Å²) >= 11 is 0. The third-order valence-corrected chi connectivity index (χ3v) is 5.45. The molecule has 0 atom stereocenters. The third kappa shape index (κ3) is 5.20. The number of amides is 1. The van der Waals surface area contributed by atoms with Gasteiger partial charge in [-0.3, -0.25) is 9.59 Å². The van der Waals surface area contributed by atoms with Gasteiger partial charge in [0.15, 0.2) is 0 Å². The molecule has 0 spiro atoms. The Balaban J connectivity index is 0.00000272. The number of fused-ring (bicyclic) bond motifs is 1. The first kappa shape index (κ1) is 22.3. The molecule has 0 aliphatic heterocycles. The molecule has 0 saturated heterocycles. The van der Waals surface area contributed by atoms with E-state index in [1.165, 1.54) is 12.3 Å². The number of nitrogens with zero attached hydrogens (tertiary/aromatic N) is 3. The molecule has 164 valence electrons. The lowest BCUT2D eigenvalue weighted by Gasteiger charge is -2.30. The molecule has 1 aliphatic rings. The summed E-state index contributed by atoms with van der Waals surface area (Å²) in [5.41, 5.74) is 1.17. The van der Waals surface area contributed by atoms with Crippen molar-refractivity contribution in [1.29, 1.82) is 0 Å². The Bertz CT molecular complexity index is 1080. The molecule has 4 rings (SSSR count). The highest BCUT2D eigenvalue weighted by molar-refractivity contribution is 5.94. The van der Waals surface area contributed by atoms with Gasteiger partial charge in [-0.25, -0.2) is 4.98 Å². The molecule has 1 aliphatic carbocycles. The fourth-order valence-corrected chi connectivity index (χ4v) is 3.85. The van der Waals surface area contributed by atoms with E-state index in [1.807, 2.05) is 43.3 Å². The van der Waals surface area contributed by atoms with Crippen molar-refractivity contribution in [2.45, 2.75) is 45.2 Å². The summed E-state index contributed by atoms with van der Waals surface area (Å²) in [6.45, 7) is 0. The number of benzene rings is 1. The molecule has 8 nitrogen and oxygen atoms in total. The zero-order valence-corrected chi connectivity index (χ0v) is 17.2. The van der Waals surface area contributed by atoms with Crippen LogP contribution in [0.2, 0.25) is 0 Å². The Labute approximate surface area is 182 Å². The predicted octanol–water partition coefficient (Wildman–Crippen LogP) is 3.17. The summed E-state index contributed by atoms with van der Waals surface area (Å²) in [6, 6.07) is 11.3. The molecule has 0 unspecified atom stereocenters. The number of hydrogen-bond donors (Lipinski definition) is 3. The van der Waals surface area contributed by atoms with Crippen LogP contribution >= 0.6 is 0 Å². The average Bonchev–Trinajstić information content (AvgIpc) is 2.75. The second-order valence-corrected chi connectivity index (χ2v) is 7.89. The normalized spacial score (nSPS) is 18.1. The summed E-state index contributed by atoms with van der Waals surface area (Å²) in [7, 11) is 3.96. The molecule has 3 aromatic rings. The van der Waals surface area contributed by atoms with Gasteiger partial charge in [0.05, 0.1) is 11.1 Å².